The molecular weight excluding hydrogens is 394 g/mol. The number of nitro groups is 1. The predicted octanol–water partition coefficient (Wildman–Crippen LogP) is 4.40. The highest BCUT2D eigenvalue weighted by Gasteiger charge is 2.17. The molecule has 0 aliphatic carbocycles. The third kappa shape index (κ3) is 3.17. The van der Waals surface area contributed by atoms with Crippen molar-refractivity contribution in [2.45, 2.75) is 6.61 Å². The second kappa shape index (κ2) is 6.34. The summed E-state index contributed by atoms with van der Waals surface area (Å²) in [5.41, 5.74) is 0.509. The van der Waals surface area contributed by atoms with Crippen molar-refractivity contribution in [1.82, 2.24) is 0 Å². The van der Waals surface area contributed by atoms with E-state index in [1.807, 2.05) is 0 Å². The monoisotopic (exact) mass is 401 g/mol. The molecule has 0 fully saturated rings. The zero-order valence-electron chi connectivity index (χ0n) is 10.0. The van der Waals surface area contributed by atoms with E-state index >= 15 is 0 Å². The lowest BCUT2D eigenvalue weighted by atomic mass is 10.2. The Hall–Kier alpha value is -1.44. The van der Waals surface area contributed by atoms with Crippen molar-refractivity contribution in [3.8, 4) is 11.5 Å². The van der Waals surface area contributed by atoms with E-state index in [0.29, 0.717) is 17.1 Å². The Morgan fingerprint density at radius 2 is 1.95 bits per heavy atom. The molecule has 0 amide bonds. The van der Waals surface area contributed by atoms with Crippen LogP contribution in [0.15, 0.2) is 45.3 Å². The van der Waals surface area contributed by atoms with Gasteiger partial charge in [0.25, 0.3) is 5.69 Å². The molecular formula is C13H9Br2NO4. The molecule has 0 heterocycles. The Morgan fingerprint density at radius 3 is 2.60 bits per heavy atom. The molecule has 0 radical (unpaired) electrons. The molecule has 2 rings (SSSR count). The van der Waals surface area contributed by atoms with Crippen LogP contribution in [0.3, 0.4) is 0 Å². The van der Waals surface area contributed by atoms with E-state index in [1.165, 1.54) is 12.1 Å². The fraction of sp³-hybridized carbons (Fsp3) is 0.0769. The number of ether oxygens (including phenoxy) is 1. The van der Waals surface area contributed by atoms with Gasteiger partial charge in [-0.1, -0.05) is 28.1 Å². The number of benzene rings is 2. The molecule has 1 N–H and O–H groups in total. The molecule has 104 valence electrons. The van der Waals surface area contributed by atoms with Crippen LogP contribution in [-0.4, -0.2) is 10.0 Å². The fourth-order valence-electron chi connectivity index (χ4n) is 1.59. The highest BCUT2D eigenvalue weighted by atomic mass is 79.9. The van der Waals surface area contributed by atoms with Gasteiger partial charge in [0.05, 0.1) is 11.5 Å². The summed E-state index contributed by atoms with van der Waals surface area (Å²) in [6.45, 7) is -0.185. The average molecular weight is 403 g/mol. The molecule has 2 aromatic carbocycles. The largest absolute Gasteiger partial charge is 0.455 e. The third-order valence-electron chi connectivity index (χ3n) is 2.56. The van der Waals surface area contributed by atoms with Crippen molar-refractivity contribution < 1.29 is 14.8 Å². The Bertz CT molecular complexity index is 661. The first-order chi connectivity index (χ1) is 9.52. The van der Waals surface area contributed by atoms with E-state index in [-0.39, 0.29) is 16.8 Å². The normalized spacial score (nSPS) is 10.3. The van der Waals surface area contributed by atoms with E-state index in [4.69, 9.17) is 4.74 Å². The SMILES string of the molecule is O=[N+]([O-])c1cccc(Oc2cc(Br)ccc2CO)c1Br. The molecule has 0 spiro atoms. The summed E-state index contributed by atoms with van der Waals surface area (Å²) in [7, 11) is 0. The molecule has 0 saturated heterocycles. The topological polar surface area (TPSA) is 72.6 Å². The van der Waals surface area contributed by atoms with Crippen LogP contribution in [0.25, 0.3) is 0 Å². The van der Waals surface area contributed by atoms with Gasteiger partial charge >= 0.3 is 0 Å². The number of rotatable bonds is 4. The van der Waals surface area contributed by atoms with Crippen LogP contribution in [-0.2, 0) is 6.61 Å². The second-order valence-corrected chi connectivity index (χ2v) is 5.57. The first kappa shape index (κ1) is 15.0. The highest BCUT2D eigenvalue weighted by molar-refractivity contribution is 9.11. The number of hydrogen-bond acceptors (Lipinski definition) is 4. The Balaban J connectivity index is 2.42. The minimum atomic E-state index is -0.495. The number of hydrogen-bond donors (Lipinski definition) is 1. The van der Waals surface area contributed by atoms with Crippen molar-refractivity contribution >= 4 is 37.5 Å². The molecule has 5 nitrogen and oxygen atoms in total. The Morgan fingerprint density at radius 1 is 1.20 bits per heavy atom. The number of nitro benzene ring substituents is 1. The molecule has 7 heteroatoms. The highest BCUT2D eigenvalue weighted by Crippen LogP contribution is 2.38. The van der Waals surface area contributed by atoms with Crippen molar-refractivity contribution in [3.63, 3.8) is 0 Å². The smallest absolute Gasteiger partial charge is 0.287 e. The van der Waals surface area contributed by atoms with Crippen LogP contribution >= 0.6 is 31.9 Å². The fourth-order valence-corrected chi connectivity index (χ4v) is 2.42. The Labute approximate surface area is 131 Å². The van der Waals surface area contributed by atoms with E-state index < -0.39 is 4.92 Å². The van der Waals surface area contributed by atoms with Crippen LogP contribution in [0.5, 0.6) is 11.5 Å². The van der Waals surface area contributed by atoms with Crippen LogP contribution < -0.4 is 4.74 Å². The number of nitrogens with zero attached hydrogens (tertiary/aromatic N) is 1. The van der Waals surface area contributed by atoms with E-state index in [1.54, 1.807) is 24.3 Å². The molecule has 0 aliphatic rings. The summed E-state index contributed by atoms with van der Waals surface area (Å²) >= 11 is 6.48. The van der Waals surface area contributed by atoms with Gasteiger partial charge < -0.3 is 9.84 Å². The van der Waals surface area contributed by atoms with Gasteiger partial charge in [-0.2, -0.15) is 0 Å². The number of halogens is 2. The van der Waals surface area contributed by atoms with E-state index in [0.717, 1.165) is 4.47 Å². The minimum absolute atomic E-state index is 0.0805. The van der Waals surface area contributed by atoms with Gasteiger partial charge in [-0.3, -0.25) is 10.1 Å². The maximum atomic E-state index is 10.9. The van der Waals surface area contributed by atoms with Crippen molar-refractivity contribution in [2.75, 3.05) is 0 Å². The van der Waals surface area contributed by atoms with Gasteiger partial charge in [-0.15, -0.1) is 0 Å². The zero-order chi connectivity index (χ0) is 14.7. The molecule has 20 heavy (non-hydrogen) atoms. The van der Waals surface area contributed by atoms with E-state index in [2.05, 4.69) is 31.9 Å². The summed E-state index contributed by atoms with van der Waals surface area (Å²) in [6, 6.07) is 9.71. The standard InChI is InChI=1S/C13H9Br2NO4/c14-9-5-4-8(7-17)12(6-9)20-11-3-1-2-10(13(11)15)16(18)19/h1-6,17H,7H2. The second-order valence-electron chi connectivity index (χ2n) is 3.86. The summed E-state index contributed by atoms with van der Waals surface area (Å²) in [6.07, 6.45) is 0. The van der Waals surface area contributed by atoms with Crippen LogP contribution in [0.2, 0.25) is 0 Å². The maximum absolute atomic E-state index is 10.9. The summed E-state index contributed by atoms with van der Waals surface area (Å²) in [5.74, 6) is 0.745. The van der Waals surface area contributed by atoms with Gasteiger partial charge in [0.2, 0.25) is 0 Å². The molecule has 0 saturated carbocycles. The lowest BCUT2D eigenvalue weighted by Crippen LogP contribution is -1.95. The summed E-state index contributed by atoms with van der Waals surface area (Å²) in [4.78, 5) is 10.4. The van der Waals surface area contributed by atoms with Crippen LogP contribution in [0.4, 0.5) is 5.69 Å². The van der Waals surface area contributed by atoms with Gasteiger partial charge in [0, 0.05) is 16.1 Å². The number of aliphatic hydroxyl groups excluding tert-OH is 1. The summed E-state index contributed by atoms with van der Waals surface area (Å²) in [5, 5.41) is 20.2. The lowest BCUT2D eigenvalue weighted by molar-refractivity contribution is -0.385. The molecule has 0 bridgehead atoms. The van der Waals surface area contributed by atoms with Crippen molar-refractivity contribution in [2.24, 2.45) is 0 Å². The maximum Gasteiger partial charge on any atom is 0.287 e. The first-order valence-electron chi connectivity index (χ1n) is 5.53. The van der Waals surface area contributed by atoms with Gasteiger partial charge in [-0.05, 0) is 34.1 Å². The van der Waals surface area contributed by atoms with Gasteiger partial charge in [-0.25, -0.2) is 0 Å². The number of aliphatic hydroxyl groups is 1. The summed E-state index contributed by atoms with van der Waals surface area (Å²) < 4.78 is 6.70. The predicted molar refractivity (Wildman–Crippen MR) is 80.9 cm³/mol. The lowest BCUT2D eigenvalue weighted by Gasteiger charge is -2.11. The molecule has 0 aliphatic heterocycles. The molecule has 2 aromatic rings. The van der Waals surface area contributed by atoms with Crippen molar-refractivity contribution in [3.05, 3.63) is 61.0 Å². The van der Waals surface area contributed by atoms with Crippen LogP contribution in [0, 0.1) is 10.1 Å². The van der Waals surface area contributed by atoms with Crippen molar-refractivity contribution in [1.29, 1.82) is 0 Å². The van der Waals surface area contributed by atoms with Gasteiger partial charge in [0.15, 0.2) is 0 Å². The van der Waals surface area contributed by atoms with E-state index in [9.17, 15) is 15.2 Å². The quantitative estimate of drug-likeness (QED) is 0.607. The third-order valence-corrected chi connectivity index (χ3v) is 3.85. The van der Waals surface area contributed by atoms with Crippen LogP contribution in [0.1, 0.15) is 5.56 Å². The molecule has 0 unspecified atom stereocenters. The Kier molecular flexibility index (Phi) is 4.74. The molecule has 0 atom stereocenters. The minimum Gasteiger partial charge on any atom is -0.455 e. The molecule has 0 aromatic heterocycles. The van der Waals surface area contributed by atoms with Gasteiger partial charge in [0.1, 0.15) is 16.0 Å². The zero-order valence-corrected chi connectivity index (χ0v) is 13.2. The first-order valence-corrected chi connectivity index (χ1v) is 7.11. The average Bonchev–Trinajstić information content (AvgIpc) is 2.41.